The molecule has 0 spiro atoms. The van der Waals surface area contributed by atoms with E-state index in [4.69, 9.17) is 14.2 Å². The summed E-state index contributed by atoms with van der Waals surface area (Å²) < 4.78 is 17.5. The molecule has 112 valence electrons. The van der Waals surface area contributed by atoms with E-state index in [2.05, 4.69) is 28.2 Å². The van der Waals surface area contributed by atoms with Crippen molar-refractivity contribution in [2.75, 3.05) is 27.9 Å². The summed E-state index contributed by atoms with van der Waals surface area (Å²) in [6.45, 7) is 2.89. The molecule has 1 aromatic carbocycles. The molecule has 1 aromatic rings. The van der Waals surface area contributed by atoms with Gasteiger partial charge in [-0.15, -0.1) is 0 Å². The molecule has 5 heteroatoms. The van der Waals surface area contributed by atoms with Gasteiger partial charge in [0.2, 0.25) is 0 Å². The predicted molar refractivity (Wildman–Crippen MR) is 82.6 cm³/mol. The van der Waals surface area contributed by atoms with Gasteiger partial charge in [0, 0.05) is 17.5 Å². The van der Waals surface area contributed by atoms with Crippen LogP contribution in [0.2, 0.25) is 0 Å². The largest absolute Gasteiger partial charge is 0.496 e. The Labute approximate surface area is 128 Å². The number of ether oxygens (including phenoxy) is 3. The number of hydrogen-bond acceptors (Lipinski definition) is 4. The molecule has 0 aliphatic carbocycles. The molecule has 0 bridgehead atoms. The van der Waals surface area contributed by atoms with Crippen LogP contribution in [0.25, 0.3) is 0 Å². The van der Waals surface area contributed by atoms with Crippen LogP contribution in [0.1, 0.15) is 24.9 Å². The highest BCUT2D eigenvalue weighted by atomic mass is 79.9. The van der Waals surface area contributed by atoms with Crippen molar-refractivity contribution in [1.29, 1.82) is 0 Å². The second-order valence-corrected chi connectivity index (χ2v) is 5.99. The molecule has 1 fully saturated rings. The van der Waals surface area contributed by atoms with Crippen LogP contribution >= 0.6 is 15.9 Å². The van der Waals surface area contributed by atoms with Gasteiger partial charge in [-0.2, -0.15) is 0 Å². The highest BCUT2D eigenvalue weighted by Crippen LogP contribution is 2.40. The van der Waals surface area contributed by atoms with Gasteiger partial charge in [-0.1, -0.05) is 0 Å². The minimum atomic E-state index is 0.192. The quantitative estimate of drug-likeness (QED) is 0.891. The van der Waals surface area contributed by atoms with E-state index in [0.717, 1.165) is 34.6 Å². The molecule has 3 atom stereocenters. The Morgan fingerprint density at radius 2 is 2.00 bits per heavy atom. The van der Waals surface area contributed by atoms with Gasteiger partial charge in [0.1, 0.15) is 11.5 Å². The molecule has 1 saturated heterocycles. The van der Waals surface area contributed by atoms with Crippen molar-refractivity contribution in [2.24, 2.45) is 5.92 Å². The number of rotatable bonds is 5. The van der Waals surface area contributed by atoms with Crippen LogP contribution in [0.5, 0.6) is 11.5 Å². The van der Waals surface area contributed by atoms with Crippen molar-refractivity contribution in [3.05, 3.63) is 22.2 Å². The molecule has 0 saturated carbocycles. The first kappa shape index (κ1) is 15.6. The van der Waals surface area contributed by atoms with Crippen LogP contribution < -0.4 is 14.8 Å². The van der Waals surface area contributed by atoms with Crippen LogP contribution in [-0.2, 0) is 4.74 Å². The summed E-state index contributed by atoms with van der Waals surface area (Å²) in [4.78, 5) is 0. The summed E-state index contributed by atoms with van der Waals surface area (Å²) in [6.07, 6.45) is 1.37. The van der Waals surface area contributed by atoms with Crippen LogP contribution in [0.3, 0.4) is 0 Å². The zero-order valence-corrected chi connectivity index (χ0v) is 14.0. The van der Waals surface area contributed by atoms with E-state index in [-0.39, 0.29) is 6.04 Å². The van der Waals surface area contributed by atoms with E-state index in [1.54, 1.807) is 14.2 Å². The van der Waals surface area contributed by atoms with Crippen LogP contribution in [0, 0.1) is 5.92 Å². The molecule has 1 aliphatic rings. The summed E-state index contributed by atoms with van der Waals surface area (Å²) in [5, 5.41) is 3.40. The van der Waals surface area contributed by atoms with E-state index >= 15 is 0 Å². The van der Waals surface area contributed by atoms with Crippen molar-refractivity contribution in [1.82, 2.24) is 5.32 Å². The third-order valence-electron chi connectivity index (χ3n) is 3.85. The lowest BCUT2D eigenvalue weighted by Crippen LogP contribution is -2.26. The summed E-state index contributed by atoms with van der Waals surface area (Å²) in [6, 6.07) is 4.18. The molecule has 0 aromatic heterocycles. The average Bonchev–Trinajstić information content (AvgIpc) is 2.87. The lowest BCUT2D eigenvalue weighted by Gasteiger charge is -2.25. The van der Waals surface area contributed by atoms with E-state index < -0.39 is 0 Å². The van der Waals surface area contributed by atoms with Gasteiger partial charge in [-0.3, -0.25) is 0 Å². The van der Waals surface area contributed by atoms with Gasteiger partial charge < -0.3 is 19.5 Å². The van der Waals surface area contributed by atoms with Gasteiger partial charge in [0.25, 0.3) is 0 Å². The number of benzene rings is 1. The fourth-order valence-corrected chi connectivity index (χ4v) is 3.34. The maximum absolute atomic E-state index is 5.70. The Morgan fingerprint density at radius 3 is 2.50 bits per heavy atom. The van der Waals surface area contributed by atoms with Crippen LogP contribution in [0.4, 0.5) is 0 Å². The number of methoxy groups -OCH3 is 2. The Morgan fingerprint density at radius 1 is 1.30 bits per heavy atom. The summed E-state index contributed by atoms with van der Waals surface area (Å²) in [7, 11) is 5.34. The van der Waals surface area contributed by atoms with E-state index in [1.807, 2.05) is 19.2 Å². The molecule has 1 N–H and O–H groups in total. The highest BCUT2D eigenvalue weighted by Gasteiger charge is 2.31. The molecule has 0 amide bonds. The smallest absolute Gasteiger partial charge is 0.133 e. The maximum Gasteiger partial charge on any atom is 0.133 e. The number of nitrogens with one attached hydrogen (secondary N) is 1. The topological polar surface area (TPSA) is 39.7 Å². The molecule has 3 unspecified atom stereocenters. The highest BCUT2D eigenvalue weighted by molar-refractivity contribution is 9.10. The third kappa shape index (κ3) is 3.10. The van der Waals surface area contributed by atoms with Crippen molar-refractivity contribution in [3.8, 4) is 11.5 Å². The normalized spacial score (nSPS) is 23.6. The Bertz CT molecular complexity index is 467. The first-order chi connectivity index (χ1) is 9.60. The Balaban J connectivity index is 2.37. The van der Waals surface area contributed by atoms with Gasteiger partial charge in [0.05, 0.1) is 31.4 Å². The SMILES string of the molecule is CNC(c1cc(OC)c(Br)cc1OC)C1COC(C)C1. The molecule has 1 aliphatic heterocycles. The molecule has 20 heavy (non-hydrogen) atoms. The van der Waals surface area contributed by atoms with Crippen LogP contribution in [-0.4, -0.2) is 34.0 Å². The minimum Gasteiger partial charge on any atom is -0.496 e. The van der Waals surface area contributed by atoms with Crippen molar-refractivity contribution >= 4 is 15.9 Å². The van der Waals surface area contributed by atoms with Gasteiger partial charge >= 0.3 is 0 Å². The van der Waals surface area contributed by atoms with E-state index in [0.29, 0.717) is 12.0 Å². The zero-order chi connectivity index (χ0) is 14.7. The van der Waals surface area contributed by atoms with Crippen molar-refractivity contribution in [2.45, 2.75) is 25.5 Å². The number of halogens is 1. The number of hydrogen-bond donors (Lipinski definition) is 1. The summed E-state index contributed by atoms with van der Waals surface area (Å²) >= 11 is 3.50. The molecule has 4 nitrogen and oxygen atoms in total. The zero-order valence-electron chi connectivity index (χ0n) is 12.4. The second kappa shape index (κ2) is 6.78. The molecular weight excluding hydrogens is 322 g/mol. The van der Waals surface area contributed by atoms with Crippen molar-refractivity contribution < 1.29 is 14.2 Å². The monoisotopic (exact) mass is 343 g/mol. The fraction of sp³-hybridized carbons (Fsp3) is 0.600. The van der Waals surface area contributed by atoms with Crippen molar-refractivity contribution in [3.63, 3.8) is 0 Å². The molecule has 2 rings (SSSR count). The fourth-order valence-electron chi connectivity index (χ4n) is 2.85. The Hall–Kier alpha value is -0.780. The lowest BCUT2D eigenvalue weighted by atomic mass is 9.90. The van der Waals surface area contributed by atoms with E-state index in [9.17, 15) is 0 Å². The standard InChI is InChI=1S/C15H22BrNO3/c1-9-5-10(8-20-9)15(17-2)11-6-14(19-4)12(16)7-13(11)18-3/h6-7,9-10,15,17H,5,8H2,1-4H3. The summed E-state index contributed by atoms with van der Waals surface area (Å²) in [5.74, 6) is 2.11. The lowest BCUT2D eigenvalue weighted by molar-refractivity contribution is 0.117. The van der Waals surface area contributed by atoms with Gasteiger partial charge in [0.15, 0.2) is 0 Å². The average molecular weight is 344 g/mol. The first-order valence-electron chi connectivity index (χ1n) is 6.81. The second-order valence-electron chi connectivity index (χ2n) is 5.13. The first-order valence-corrected chi connectivity index (χ1v) is 7.60. The summed E-state index contributed by atoms with van der Waals surface area (Å²) in [5.41, 5.74) is 1.11. The van der Waals surface area contributed by atoms with Gasteiger partial charge in [-0.25, -0.2) is 0 Å². The van der Waals surface area contributed by atoms with Crippen LogP contribution in [0.15, 0.2) is 16.6 Å². The van der Waals surface area contributed by atoms with Gasteiger partial charge in [-0.05, 0) is 48.5 Å². The third-order valence-corrected chi connectivity index (χ3v) is 4.47. The molecule has 0 radical (unpaired) electrons. The molecule has 1 heterocycles. The van der Waals surface area contributed by atoms with E-state index in [1.165, 1.54) is 0 Å². The predicted octanol–water partition coefficient (Wildman–Crippen LogP) is 3.15. The Kier molecular flexibility index (Phi) is 5.29. The minimum absolute atomic E-state index is 0.192. The molecular formula is C15H22BrNO3. The maximum atomic E-state index is 5.70.